The molecule has 1 aliphatic heterocycles. The number of hydrogen-bond acceptors (Lipinski definition) is 6. The Morgan fingerprint density at radius 3 is 1.98 bits per heavy atom. The maximum Gasteiger partial charge on any atom is 0.137 e. The lowest BCUT2D eigenvalue weighted by atomic mass is 9.56. The summed E-state index contributed by atoms with van der Waals surface area (Å²) in [7, 11) is 3.64. The fourth-order valence-corrected chi connectivity index (χ4v) is 8.46. The fraction of sp³-hybridized carbons (Fsp3) is 1.00. The molecule has 4 fully saturated rings. The van der Waals surface area contributed by atoms with Gasteiger partial charge in [0.05, 0.1) is 5.60 Å². The van der Waals surface area contributed by atoms with Gasteiger partial charge in [-0.1, -0.05) is 12.8 Å². The smallest absolute Gasteiger partial charge is 0.137 e. The van der Waals surface area contributed by atoms with E-state index >= 15 is 8.78 Å². The highest BCUT2D eigenvalue weighted by molar-refractivity contribution is 5.08. The minimum Gasteiger partial charge on any atom is -0.377 e. The molecule has 0 aromatic heterocycles. The summed E-state index contributed by atoms with van der Waals surface area (Å²) in [6, 6.07) is 0. The van der Waals surface area contributed by atoms with Gasteiger partial charge in [0, 0.05) is 38.3 Å². The molecule has 0 radical (unpaired) electrons. The Bertz CT molecular complexity index is 735. The van der Waals surface area contributed by atoms with E-state index in [4.69, 9.17) is 14.7 Å². The van der Waals surface area contributed by atoms with Crippen molar-refractivity contribution < 1.29 is 37.3 Å². The summed E-state index contributed by atoms with van der Waals surface area (Å²) in [6.45, 7) is 0.925. The molecule has 0 amide bonds. The summed E-state index contributed by atoms with van der Waals surface area (Å²) in [5.41, 5.74) is 0.817. The van der Waals surface area contributed by atoms with Gasteiger partial charge < -0.3 is 19.8 Å². The summed E-state index contributed by atoms with van der Waals surface area (Å²) >= 11 is 0. The molecule has 9 unspecified atom stereocenters. The number of rotatable bonds is 14. The maximum absolute atomic E-state index is 15.5. The van der Waals surface area contributed by atoms with Crippen molar-refractivity contribution in [3.8, 4) is 0 Å². The number of ether oxygens (including phenoxy) is 2. The second-order valence-corrected chi connectivity index (χ2v) is 13.1. The van der Waals surface area contributed by atoms with Gasteiger partial charge in [0.15, 0.2) is 0 Å². The number of hydrogen-bond donors (Lipinski definition) is 3. The number of unbranched alkanes of at least 4 members (excludes halogenated alkanes) is 3. The van der Waals surface area contributed by atoms with E-state index in [2.05, 4.69) is 11.9 Å². The van der Waals surface area contributed by atoms with Gasteiger partial charge in [-0.3, -0.25) is 4.90 Å². The summed E-state index contributed by atoms with van der Waals surface area (Å²) in [4.78, 5) is 2.26. The summed E-state index contributed by atoms with van der Waals surface area (Å²) < 4.78 is 71.5. The molecule has 9 atom stereocenters. The van der Waals surface area contributed by atoms with Crippen LogP contribution in [0.3, 0.4) is 0 Å². The van der Waals surface area contributed by atoms with Crippen molar-refractivity contribution in [2.24, 2.45) is 23.7 Å². The fourth-order valence-electron chi connectivity index (χ4n) is 8.46. The third-order valence-corrected chi connectivity index (χ3v) is 10.6. The van der Waals surface area contributed by atoms with Gasteiger partial charge >= 0.3 is 0 Å². The van der Waals surface area contributed by atoms with E-state index < -0.39 is 48.4 Å². The first-order valence-corrected chi connectivity index (χ1v) is 15.8. The Labute approximate surface area is 237 Å². The molecular formula is C30H52F4N2O4. The Morgan fingerprint density at radius 1 is 0.875 bits per heavy atom. The van der Waals surface area contributed by atoms with Crippen molar-refractivity contribution in [3.63, 3.8) is 0 Å². The second kappa shape index (κ2) is 14.8. The Morgan fingerprint density at radius 2 is 1.45 bits per heavy atom. The molecule has 40 heavy (non-hydrogen) atoms. The minimum absolute atomic E-state index is 0.0398. The SMILES string of the molecule is COC(C1CCC(C2OC2N(C)CCCCCCC(O)NO)CC1)(C1CCC(F)CC1F)C1CCC(F)CC1F. The number of halogens is 4. The van der Waals surface area contributed by atoms with E-state index in [1.165, 1.54) is 0 Å². The highest BCUT2D eigenvalue weighted by Gasteiger charge is 2.59. The van der Waals surface area contributed by atoms with E-state index in [0.29, 0.717) is 25.2 Å². The van der Waals surface area contributed by atoms with Crippen LogP contribution in [-0.4, -0.2) is 84.8 Å². The average Bonchev–Trinajstić information content (AvgIpc) is 3.74. The van der Waals surface area contributed by atoms with E-state index in [-0.39, 0.29) is 43.9 Å². The number of methoxy groups -OCH3 is 1. The van der Waals surface area contributed by atoms with E-state index in [9.17, 15) is 13.9 Å². The zero-order valence-corrected chi connectivity index (χ0v) is 24.3. The monoisotopic (exact) mass is 580 g/mol. The zero-order chi connectivity index (χ0) is 28.9. The number of nitrogens with zero attached hydrogens (tertiary/aromatic N) is 1. The van der Waals surface area contributed by atoms with Crippen LogP contribution in [-0.2, 0) is 9.47 Å². The lowest BCUT2D eigenvalue weighted by molar-refractivity contribution is -0.200. The molecule has 3 saturated carbocycles. The van der Waals surface area contributed by atoms with Gasteiger partial charge in [0.1, 0.15) is 43.2 Å². The molecular weight excluding hydrogens is 528 g/mol. The van der Waals surface area contributed by atoms with Gasteiger partial charge in [-0.2, -0.15) is 5.48 Å². The number of aliphatic hydroxyl groups is 1. The van der Waals surface area contributed by atoms with Crippen molar-refractivity contribution in [2.45, 2.75) is 145 Å². The molecule has 0 aromatic carbocycles. The predicted molar refractivity (Wildman–Crippen MR) is 145 cm³/mol. The molecule has 10 heteroatoms. The average molecular weight is 581 g/mol. The summed E-state index contributed by atoms with van der Waals surface area (Å²) in [5, 5.41) is 18.0. The molecule has 3 aliphatic carbocycles. The van der Waals surface area contributed by atoms with Crippen LogP contribution in [0, 0.1) is 23.7 Å². The van der Waals surface area contributed by atoms with Crippen LogP contribution in [0.15, 0.2) is 0 Å². The first kappa shape index (κ1) is 32.4. The van der Waals surface area contributed by atoms with Gasteiger partial charge in [-0.25, -0.2) is 17.6 Å². The molecule has 0 aromatic rings. The van der Waals surface area contributed by atoms with Crippen LogP contribution in [0.5, 0.6) is 0 Å². The number of hydroxylamine groups is 1. The molecule has 3 N–H and O–H groups in total. The molecule has 6 nitrogen and oxygen atoms in total. The van der Waals surface area contributed by atoms with E-state index in [1.54, 1.807) is 7.11 Å². The van der Waals surface area contributed by atoms with Crippen molar-refractivity contribution in [2.75, 3.05) is 20.7 Å². The standard InChI is InChI=1S/C30H52F4N2O4/c1-36(16-6-4-3-5-7-27(37)35-38)29-28(40-29)19-8-10-20(11-9-19)30(39-2,23-14-12-21(31)17-25(23)33)24-15-13-22(32)18-26(24)34/h19-29,35,37-38H,3-18H2,1-2H3. The third-order valence-electron chi connectivity index (χ3n) is 10.6. The Hall–Kier alpha value is -0.520. The normalized spacial score (nSPS) is 41.0. The van der Waals surface area contributed by atoms with Gasteiger partial charge in [0.2, 0.25) is 0 Å². The Balaban J connectivity index is 1.31. The lowest BCUT2D eigenvalue weighted by Crippen LogP contribution is -2.61. The number of epoxide rings is 1. The second-order valence-electron chi connectivity index (χ2n) is 13.1. The number of aliphatic hydroxyl groups excluding tert-OH is 1. The minimum atomic E-state index is -1.38. The molecule has 4 rings (SSSR count). The van der Waals surface area contributed by atoms with Crippen LogP contribution in [0.25, 0.3) is 0 Å². The molecule has 0 spiro atoms. The largest absolute Gasteiger partial charge is 0.377 e. The number of alkyl halides is 4. The van der Waals surface area contributed by atoms with Gasteiger partial charge in [-0.15, -0.1) is 0 Å². The van der Waals surface area contributed by atoms with Crippen LogP contribution in [0.1, 0.15) is 96.3 Å². The lowest BCUT2D eigenvalue weighted by Gasteiger charge is -2.55. The van der Waals surface area contributed by atoms with Gasteiger partial charge in [-0.05, 0) is 89.5 Å². The van der Waals surface area contributed by atoms with Crippen molar-refractivity contribution in [1.82, 2.24) is 10.4 Å². The van der Waals surface area contributed by atoms with E-state index in [1.807, 2.05) is 5.48 Å². The quantitative estimate of drug-likeness (QED) is 0.0765. The first-order valence-electron chi connectivity index (χ1n) is 15.8. The van der Waals surface area contributed by atoms with Crippen LogP contribution in [0.2, 0.25) is 0 Å². The van der Waals surface area contributed by atoms with Crippen LogP contribution in [0.4, 0.5) is 17.6 Å². The molecule has 0 bridgehead atoms. The van der Waals surface area contributed by atoms with Crippen molar-refractivity contribution in [1.29, 1.82) is 0 Å². The van der Waals surface area contributed by atoms with Crippen LogP contribution < -0.4 is 5.48 Å². The molecule has 1 saturated heterocycles. The predicted octanol–water partition coefficient (Wildman–Crippen LogP) is 6.04. The summed E-state index contributed by atoms with van der Waals surface area (Å²) in [6.07, 6.45) is 3.04. The Kier molecular flexibility index (Phi) is 12.0. The third kappa shape index (κ3) is 7.51. The van der Waals surface area contributed by atoms with Crippen LogP contribution >= 0.6 is 0 Å². The highest BCUT2D eigenvalue weighted by Crippen LogP contribution is 2.55. The molecule has 4 aliphatic rings. The molecule has 234 valence electrons. The topological polar surface area (TPSA) is 77.5 Å². The number of likely N-dealkylation sites (N-methyl/N-ethyl adjacent to an activating group) is 1. The molecule has 1 heterocycles. The van der Waals surface area contributed by atoms with E-state index in [0.717, 1.165) is 57.9 Å². The summed E-state index contributed by atoms with van der Waals surface area (Å²) in [5.74, 6) is -0.785. The first-order chi connectivity index (χ1) is 19.2. The van der Waals surface area contributed by atoms with Crippen molar-refractivity contribution in [3.05, 3.63) is 0 Å². The zero-order valence-electron chi connectivity index (χ0n) is 24.3. The highest BCUT2D eigenvalue weighted by atomic mass is 19.2. The van der Waals surface area contributed by atoms with Gasteiger partial charge in [0.25, 0.3) is 0 Å². The van der Waals surface area contributed by atoms with Crippen molar-refractivity contribution >= 4 is 0 Å². The number of nitrogens with one attached hydrogen (secondary N) is 1. The maximum atomic E-state index is 15.5.